The summed E-state index contributed by atoms with van der Waals surface area (Å²) in [5.41, 5.74) is 2.09. The minimum atomic E-state index is -4.55. The van der Waals surface area contributed by atoms with Gasteiger partial charge < -0.3 is 24.4 Å². The van der Waals surface area contributed by atoms with Crippen LogP contribution in [0.4, 0.5) is 13.2 Å². The van der Waals surface area contributed by atoms with Gasteiger partial charge in [0, 0.05) is 48.3 Å². The van der Waals surface area contributed by atoms with Gasteiger partial charge in [0.15, 0.2) is 0 Å². The van der Waals surface area contributed by atoms with Gasteiger partial charge in [0.2, 0.25) is 0 Å². The molecular formula is C28H32F3NO5. The molecule has 0 radical (unpaired) electrons. The molecule has 3 atom stereocenters. The summed E-state index contributed by atoms with van der Waals surface area (Å²) < 4.78 is 58.4. The van der Waals surface area contributed by atoms with Crippen LogP contribution in [0.15, 0.2) is 18.2 Å². The van der Waals surface area contributed by atoms with Crippen LogP contribution >= 0.6 is 0 Å². The molecule has 2 aliphatic carbocycles. The normalized spacial score (nSPS) is 27.4. The molecule has 2 fully saturated rings. The number of pyridine rings is 1. The van der Waals surface area contributed by atoms with Crippen LogP contribution in [-0.4, -0.2) is 35.5 Å². The number of hydrogen-bond acceptors (Lipinski definition) is 6. The van der Waals surface area contributed by atoms with Gasteiger partial charge in [-0.25, -0.2) is 0 Å². The van der Waals surface area contributed by atoms with Crippen molar-refractivity contribution < 1.29 is 37.6 Å². The van der Waals surface area contributed by atoms with Gasteiger partial charge in [-0.15, -0.1) is 0 Å². The van der Waals surface area contributed by atoms with E-state index in [4.69, 9.17) is 19.2 Å². The van der Waals surface area contributed by atoms with Crippen LogP contribution in [0.5, 0.6) is 5.75 Å². The zero-order chi connectivity index (χ0) is 26.3. The number of halogens is 3. The number of aliphatic hydroxyl groups is 2. The van der Waals surface area contributed by atoms with Crippen LogP contribution in [-0.2, 0) is 21.3 Å². The average Bonchev–Trinajstić information content (AvgIpc) is 3.57. The molecule has 9 heteroatoms. The zero-order valence-electron chi connectivity index (χ0n) is 21.2. The van der Waals surface area contributed by atoms with E-state index in [1.54, 1.807) is 0 Å². The lowest BCUT2D eigenvalue weighted by atomic mass is 9.72. The molecule has 2 spiro atoms. The fraction of sp³-hybridized carbons (Fsp3) is 0.607. The Morgan fingerprint density at radius 1 is 1.08 bits per heavy atom. The van der Waals surface area contributed by atoms with Gasteiger partial charge in [-0.3, -0.25) is 4.98 Å². The largest absolute Gasteiger partial charge is 0.496 e. The van der Waals surface area contributed by atoms with Crippen LogP contribution < -0.4 is 4.74 Å². The van der Waals surface area contributed by atoms with E-state index in [0.717, 1.165) is 35.7 Å². The van der Waals surface area contributed by atoms with Crippen molar-refractivity contribution in [3.63, 3.8) is 0 Å². The molecule has 2 aromatic rings. The first-order chi connectivity index (χ1) is 17.5. The van der Waals surface area contributed by atoms with Gasteiger partial charge >= 0.3 is 6.18 Å². The predicted octanol–water partition coefficient (Wildman–Crippen LogP) is 5.61. The maximum absolute atomic E-state index is 13.6. The molecule has 37 heavy (non-hydrogen) atoms. The second-order valence-corrected chi connectivity index (χ2v) is 11.3. The number of nitrogens with zero attached hydrogens (tertiary/aromatic N) is 1. The van der Waals surface area contributed by atoms with Gasteiger partial charge in [0.1, 0.15) is 18.0 Å². The van der Waals surface area contributed by atoms with Crippen LogP contribution in [0.1, 0.15) is 109 Å². The third-order valence-corrected chi connectivity index (χ3v) is 8.74. The zero-order valence-corrected chi connectivity index (χ0v) is 21.2. The second kappa shape index (κ2) is 8.40. The molecule has 0 bridgehead atoms. The summed E-state index contributed by atoms with van der Waals surface area (Å²) in [6, 6.07) is 3.86. The summed E-state index contributed by atoms with van der Waals surface area (Å²) in [4.78, 5) is 4.97. The summed E-state index contributed by atoms with van der Waals surface area (Å²) in [5, 5.41) is 22.8. The predicted molar refractivity (Wildman–Crippen MR) is 127 cm³/mol. The van der Waals surface area contributed by atoms with Crippen molar-refractivity contribution in [1.82, 2.24) is 4.98 Å². The van der Waals surface area contributed by atoms with E-state index >= 15 is 0 Å². The third kappa shape index (κ3) is 3.72. The topological polar surface area (TPSA) is 81.0 Å². The molecule has 3 unspecified atom stereocenters. The molecular weight excluding hydrogens is 487 g/mol. The number of aromatic nitrogens is 1. The van der Waals surface area contributed by atoms with Crippen LogP contribution in [0, 0.1) is 5.41 Å². The Balaban J connectivity index is 1.60. The van der Waals surface area contributed by atoms with Crippen molar-refractivity contribution in [3.05, 3.63) is 57.4 Å². The lowest BCUT2D eigenvalue weighted by molar-refractivity contribution is -0.139. The lowest BCUT2D eigenvalue weighted by Crippen LogP contribution is -2.37. The molecule has 6 rings (SSSR count). The maximum atomic E-state index is 13.6. The molecule has 1 aromatic heterocycles. The SMILES string of the molecule is COc1cc(C2OC3(CCOCC3)c3c4c(nc(C(C)C)c32)C(O)C2(CC2)CC4O)ccc1C(F)(F)F. The smallest absolute Gasteiger partial charge is 0.419 e. The van der Waals surface area contributed by atoms with E-state index in [-0.39, 0.29) is 17.1 Å². The lowest BCUT2D eigenvalue weighted by Gasteiger charge is -2.40. The van der Waals surface area contributed by atoms with Crippen molar-refractivity contribution in [3.8, 4) is 5.75 Å². The van der Waals surface area contributed by atoms with Gasteiger partial charge in [0.05, 0.1) is 30.1 Å². The van der Waals surface area contributed by atoms with Crippen molar-refractivity contribution in [1.29, 1.82) is 0 Å². The monoisotopic (exact) mass is 519 g/mol. The highest BCUT2D eigenvalue weighted by Crippen LogP contribution is 2.66. The maximum Gasteiger partial charge on any atom is 0.419 e. The molecule has 2 N–H and O–H groups in total. The quantitative estimate of drug-likeness (QED) is 0.549. The Bertz CT molecular complexity index is 1230. The highest BCUT2D eigenvalue weighted by Gasteiger charge is 2.59. The Morgan fingerprint density at radius 2 is 1.78 bits per heavy atom. The van der Waals surface area contributed by atoms with E-state index in [1.165, 1.54) is 19.2 Å². The van der Waals surface area contributed by atoms with E-state index < -0.39 is 35.7 Å². The number of methoxy groups -OCH3 is 1. The summed E-state index contributed by atoms with van der Waals surface area (Å²) in [6.07, 6.45) is -3.57. The van der Waals surface area contributed by atoms with Crippen LogP contribution in [0.3, 0.4) is 0 Å². The molecule has 0 amide bonds. The summed E-state index contributed by atoms with van der Waals surface area (Å²) >= 11 is 0. The van der Waals surface area contributed by atoms with E-state index in [9.17, 15) is 23.4 Å². The average molecular weight is 520 g/mol. The van der Waals surface area contributed by atoms with Crippen LogP contribution in [0.2, 0.25) is 0 Å². The van der Waals surface area contributed by atoms with Crippen LogP contribution in [0.25, 0.3) is 0 Å². The summed E-state index contributed by atoms with van der Waals surface area (Å²) in [7, 11) is 1.22. The van der Waals surface area contributed by atoms with Gasteiger partial charge in [-0.05, 0) is 48.4 Å². The minimum absolute atomic E-state index is 0.0436. The number of aliphatic hydroxyl groups excluding tert-OH is 2. The standard InChI is InChI=1S/C28H32F3NO5/c1-14(2)22-20-21(19-17(33)13-26(6-7-26)25(34)23(19)32-22)27(8-10-36-11-9-27)37-24(20)15-4-5-16(28(29,30)31)18(12-15)35-3/h4-5,12,14,17,24-25,33-34H,6-11,13H2,1-3H3. The number of benzene rings is 1. The van der Waals surface area contributed by atoms with Gasteiger partial charge in [-0.1, -0.05) is 19.9 Å². The Labute approximate surface area is 213 Å². The molecule has 4 aliphatic rings. The fourth-order valence-electron chi connectivity index (χ4n) is 6.67. The first-order valence-electron chi connectivity index (χ1n) is 13.0. The molecule has 200 valence electrons. The molecule has 1 saturated heterocycles. The van der Waals surface area contributed by atoms with Crippen molar-refractivity contribution in [2.45, 2.75) is 82.0 Å². The molecule has 1 aromatic carbocycles. The second-order valence-electron chi connectivity index (χ2n) is 11.3. The summed E-state index contributed by atoms with van der Waals surface area (Å²) in [5.74, 6) is -0.316. The van der Waals surface area contributed by atoms with E-state index in [2.05, 4.69) is 0 Å². The Kier molecular flexibility index (Phi) is 5.70. The Hall–Kier alpha value is -2.20. The Morgan fingerprint density at radius 3 is 2.38 bits per heavy atom. The van der Waals surface area contributed by atoms with Crippen molar-refractivity contribution >= 4 is 0 Å². The number of ether oxygens (including phenoxy) is 3. The fourth-order valence-corrected chi connectivity index (χ4v) is 6.67. The van der Waals surface area contributed by atoms with Crippen molar-refractivity contribution in [2.75, 3.05) is 20.3 Å². The van der Waals surface area contributed by atoms with Crippen molar-refractivity contribution in [2.24, 2.45) is 5.41 Å². The molecule has 2 aliphatic heterocycles. The molecule has 6 nitrogen and oxygen atoms in total. The number of hydrogen-bond donors (Lipinski definition) is 2. The van der Waals surface area contributed by atoms with Gasteiger partial charge in [-0.2, -0.15) is 13.2 Å². The first-order valence-corrected chi connectivity index (χ1v) is 13.0. The number of fused-ring (bicyclic) bond motifs is 4. The minimum Gasteiger partial charge on any atom is -0.496 e. The molecule has 1 saturated carbocycles. The highest BCUT2D eigenvalue weighted by molar-refractivity contribution is 5.56. The van der Waals surface area contributed by atoms with E-state index in [1.807, 2.05) is 13.8 Å². The molecule has 3 heterocycles. The number of rotatable bonds is 3. The highest BCUT2D eigenvalue weighted by atomic mass is 19.4. The first kappa shape index (κ1) is 25.1. The van der Waals surface area contributed by atoms with E-state index in [0.29, 0.717) is 49.3 Å². The third-order valence-electron chi connectivity index (χ3n) is 8.74. The summed E-state index contributed by atoms with van der Waals surface area (Å²) in [6.45, 7) is 4.93. The van der Waals surface area contributed by atoms with Gasteiger partial charge in [0.25, 0.3) is 0 Å². The number of alkyl halides is 3.